The molecule has 222 valence electrons. The number of nitro benzene ring substituents is 2. The molecule has 42 heavy (non-hydrogen) atoms. The normalized spacial score (nSPS) is 18.2. The number of rotatable bonds is 9. The Balaban J connectivity index is 1.21. The fourth-order valence-electron chi connectivity index (χ4n) is 4.83. The zero-order valence-corrected chi connectivity index (χ0v) is 23.2. The fourth-order valence-corrected chi connectivity index (χ4v) is 6.29. The molecule has 0 radical (unpaired) electrons. The van der Waals surface area contributed by atoms with Crippen molar-refractivity contribution in [3.05, 3.63) is 62.5 Å². The highest BCUT2D eigenvalue weighted by atomic mass is 32.2. The molecular weight excluding hydrogens is 578 g/mol. The molecule has 1 atom stereocenters. The third-order valence-corrected chi connectivity index (χ3v) is 8.77. The van der Waals surface area contributed by atoms with Crippen LogP contribution in [-0.4, -0.2) is 96.2 Å². The van der Waals surface area contributed by atoms with Crippen molar-refractivity contribution >= 4 is 33.2 Å². The number of hydrogen-bond donors (Lipinski definition) is 0. The number of ether oxygens (including phenoxy) is 2. The molecule has 0 aliphatic carbocycles. The van der Waals surface area contributed by atoms with Crippen LogP contribution in [0, 0.1) is 27.2 Å². The van der Waals surface area contributed by atoms with Gasteiger partial charge in [-0.15, -0.1) is 0 Å². The van der Waals surface area contributed by atoms with Gasteiger partial charge in [-0.05, 0) is 24.3 Å². The molecule has 2 aromatic carbocycles. The van der Waals surface area contributed by atoms with Gasteiger partial charge >= 0.3 is 17.5 Å². The van der Waals surface area contributed by atoms with Gasteiger partial charge in [0.2, 0.25) is 21.7 Å². The topological polar surface area (TPSA) is 205 Å². The second kappa shape index (κ2) is 11.3. The molecule has 2 aliphatic rings. The lowest BCUT2D eigenvalue weighted by Crippen LogP contribution is -2.50. The summed E-state index contributed by atoms with van der Waals surface area (Å²) in [6.45, 7) is 2.95. The quantitative estimate of drug-likeness (QED) is 0.254. The second-order valence-corrected chi connectivity index (χ2v) is 11.5. The van der Waals surface area contributed by atoms with Gasteiger partial charge in [-0.1, -0.05) is 5.16 Å². The van der Waals surface area contributed by atoms with Crippen molar-refractivity contribution in [1.29, 1.82) is 0 Å². The van der Waals surface area contributed by atoms with Gasteiger partial charge in [0.15, 0.2) is 0 Å². The van der Waals surface area contributed by atoms with Crippen LogP contribution < -0.4 is 9.64 Å². The van der Waals surface area contributed by atoms with E-state index in [1.165, 1.54) is 4.90 Å². The van der Waals surface area contributed by atoms with E-state index in [9.17, 15) is 33.4 Å². The maximum atomic E-state index is 13.3. The van der Waals surface area contributed by atoms with Crippen LogP contribution in [0.25, 0.3) is 11.4 Å². The van der Waals surface area contributed by atoms with E-state index in [0.29, 0.717) is 23.9 Å². The average Bonchev–Trinajstić information content (AvgIpc) is 3.57. The van der Waals surface area contributed by atoms with Crippen LogP contribution in [0.1, 0.15) is 5.89 Å². The summed E-state index contributed by atoms with van der Waals surface area (Å²) in [7, 11) is -3.27. The van der Waals surface area contributed by atoms with Crippen molar-refractivity contribution in [2.45, 2.75) is 17.9 Å². The lowest BCUT2D eigenvalue weighted by atomic mass is 10.2. The van der Waals surface area contributed by atoms with Crippen molar-refractivity contribution in [3.63, 3.8) is 0 Å². The van der Waals surface area contributed by atoms with Crippen LogP contribution >= 0.6 is 0 Å². The number of aromatic nitrogens is 2. The maximum absolute atomic E-state index is 13.3. The van der Waals surface area contributed by atoms with Crippen LogP contribution in [0.5, 0.6) is 5.75 Å². The molecule has 1 unspecified atom stereocenters. The highest BCUT2D eigenvalue weighted by Gasteiger charge is 2.37. The number of carbonyl (C=O) groups excluding carboxylic acids is 1. The van der Waals surface area contributed by atoms with Crippen molar-refractivity contribution in [2.75, 3.05) is 51.3 Å². The molecule has 2 aliphatic heterocycles. The number of anilines is 1. The Labute approximate surface area is 238 Å². The van der Waals surface area contributed by atoms with Gasteiger partial charge in [-0.2, -0.15) is 9.29 Å². The largest absolute Gasteiger partial charge is 0.485 e. The predicted octanol–water partition coefficient (Wildman–Crippen LogP) is 2.20. The van der Waals surface area contributed by atoms with Crippen LogP contribution in [0.4, 0.5) is 21.9 Å². The summed E-state index contributed by atoms with van der Waals surface area (Å²) in [5, 5.41) is 26.8. The Morgan fingerprint density at radius 2 is 1.67 bits per heavy atom. The Morgan fingerprint density at radius 1 is 1.05 bits per heavy atom. The molecule has 0 saturated carbocycles. The first kappa shape index (κ1) is 28.8. The molecule has 0 bridgehead atoms. The van der Waals surface area contributed by atoms with E-state index in [1.54, 1.807) is 31.2 Å². The number of aryl methyl sites for hydroxylation is 1. The van der Waals surface area contributed by atoms with Crippen molar-refractivity contribution < 1.29 is 37.1 Å². The van der Waals surface area contributed by atoms with E-state index >= 15 is 0 Å². The lowest BCUT2D eigenvalue weighted by Gasteiger charge is -2.34. The average molecular weight is 604 g/mol. The summed E-state index contributed by atoms with van der Waals surface area (Å²) in [5.74, 6) is 0.240. The van der Waals surface area contributed by atoms with Crippen LogP contribution in [0.3, 0.4) is 0 Å². The number of methoxy groups -OCH3 is 1. The molecule has 3 heterocycles. The van der Waals surface area contributed by atoms with Crippen LogP contribution in [-0.2, 0) is 14.8 Å². The number of benzene rings is 2. The minimum Gasteiger partial charge on any atom is -0.485 e. The van der Waals surface area contributed by atoms with Gasteiger partial charge in [0.25, 0.3) is 5.75 Å². The summed E-state index contributed by atoms with van der Waals surface area (Å²) in [6.07, 6.45) is -0.973. The highest BCUT2D eigenvalue weighted by Crippen LogP contribution is 2.39. The summed E-state index contributed by atoms with van der Waals surface area (Å²) in [5.41, 5.74) is -0.288. The number of sulfonamides is 1. The Morgan fingerprint density at radius 3 is 2.19 bits per heavy atom. The Bertz CT molecular complexity index is 1600. The van der Waals surface area contributed by atoms with E-state index in [4.69, 9.17) is 14.0 Å². The van der Waals surface area contributed by atoms with E-state index in [-0.39, 0.29) is 32.7 Å². The van der Waals surface area contributed by atoms with Gasteiger partial charge in [0, 0.05) is 63.0 Å². The molecule has 5 rings (SSSR count). The molecule has 3 aromatic rings. The van der Waals surface area contributed by atoms with Crippen molar-refractivity contribution in [1.82, 2.24) is 19.3 Å². The standard InChI is InChI=1S/C24H25N7O10S/c1-15-25-23(26-41-15)16-3-5-17(6-4-16)29-14-18(40-24(29)32)13-27-7-9-28(10-8-27)42(37,38)19-11-20(30(33)34)22(39-2)21(12-19)31(35)36/h3-6,11-12,18H,7-10,13-14H2,1-2H3. The Kier molecular flexibility index (Phi) is 7.76. The summed E-state index contributed by atoms with van der Waals surface area (Å²) >= 11 is 0. The van der Waals surface area contributed by atoms with Gasteiger partial charge in [-0.3, -0.25) is 30.0 Å². The minimum atomic E-state index is -4.29. The number of nitro groups is 2. The number of nitrogens with zero attached hydrogens (tertiary/aromatic N) is 7. The molecule has 0 spiro atoms. The van der Waals surface area contributed by atoms with Gasteiger partial charge in [-0.25, -0.2) is 13.2 Å². The molecule has 1 aromatic heterocycles. The molecule has 2 saturated heterocycles. The van der Waals surface area contributed by atoms with E-state index in [1.807, 2.05) is 4.90 Å². The minimum absolute atomic E-state index is 0.0252. The first-order valence-electron chi connectivity index (χ1n) is 12.6. The highest BCUT2D eigenvalue weighted by molar-refractivity contribution is 7.89. The smallest absolute Gasteiger partial charge is 0.414 e. The summed E-state index contributed by atoms with van der Waals surface area (Å²) in [6, 6.07) is 8.56. The monoisotopic (exact) mass is 603 g/mol. The number of amides is 1. The third kappa shape index (κ3) is 5.58. The third-order valence-electron chi connectivity index (χ3n) is 6.89. The molecule has 1 amide bonds. The molecule has 17 nitrogen and oxygen atoms in total. The SMILES string of the molecule is COc1c([N+](=O)[O-])cc(S(=O)(=O)N2CCN(CC3CN(c4ccc(-c5noc(C)n5)cc4)C(=O)O3)CC2)cc1[N+](=O)[O-]. The summed E-state index contributed by atoms with van der Waals surface area (Å²) in [4.78, 5) is 40.7. The number of piperazine rings is 1. The molecule has 0 N–H and O–H groups in total. The number of carbonyl (C=O) groups is 1. The van der Waals surface area contributed by atoms with E-state index < -0.39 is 54.1 Å². The summed E-state index contributed by atoms with van der Waals surface area (Å²) < 4.78 is 43.0. The van der Waals surface area contributed by atoms with Gasteiger partial charge in [0.05, 0.1) is 28.4 Å². The first-order chi connectivity index (χ1) is 20.0. The van der Waals surface area contributed by atoms with Crippen LogP contribution in [0.15, 0.2) is 45.8 Å². The van der Waals surface area contributed by atoms with Crippen molar-refractivity contribution in [2.24, 2.45) is 0 Å². The number of hydrogen-bond acceptors (Lipinski definition) is 13. The first-order valence-corrected chi connectivity index (χ1v) is 14.0. The molecule has 2 fully saturated rings. The van der Waals surface area contributed by atoms with Crippen LogP contribution in [0.2, 0.25) is 0 Å². The lowest BCUT2D eigenvalue weighted by molar-refractivity contribution is -0.396. The second-order valence-electron chi connectivity index (χ2n) is 9.51. The Hall–Kier alpha value is -4.68. The van der Waals surface area contributed by atoms with Gasteiger partial charge < -0.3 is 14.0 Å². The maximum Gasteiger partial charge on any atom is 0.414 e. The zero-order chi connectivity index (χ0) is 30.2. The predicted molar refractivity (Wildman–Crippen MR) is 144 cm³/mol. The number of cyclic esters (lactones) is 1. The molecular formula is C24H25N7O10S. The van der Waals surface area contributed by atoms with E-state index in [2.05, 4.69) is 10.1 Å². The van der Waals surface area contributed by atoms with E-state index in [0.717, 1.165) is 29.1 Å². The molecule has 18 heteroatoms. The van der Waals surface area contributed by atoms with Crippen molar-refractivity contribution in [3.8, 4) is 17.1 Å². The van der Waals surface area contributed by atoms with Gasteiger partial charge in [0.1, 0.15) is 6.10 Å². The zero-order valence-electron chi connectivity index (χ0n) is 22.4. The fraction of sp³-hybridized carbons (Fsp3) is 0.375.